The van der Waals surface area contributed by atoms with Gasteiger partial charge in [-0.1, -0.05) is 0 Å². The highest BCUT2D eigenvalue weighted by molar-refractivity contribution is 9.10. The minimum absolute atomic E-state index is 0.448. The van der Waals surface area contributed by atoms with E-state index in [1.165, 1.54) is 0 Å². The van der Waals surface area contributed by atoms with E-state index in [0.717, 1.165) is 4.57 Å². The van der Waals surface area contributed by atoms with E-state index in [2.05, 4.69) is 26.1 Å². The van der Waals surface area contributed by atoms with Crippen LogP contribution in [-0.4, -0.2) is 14.8 Å². The SMILES string of the molecule is Nc1ccc(-n2c(=O)[nH][nH]c2=O)cc1Br. The summed E-state index contributed by atoms with van der Waals surface area (Å²) in [5.74, 6) is 0. The van der Waals surface area contributed by atoms with Crippen molar-refractivity contribution in [3.05, 3.63) is 43.6 Å². The number of nitrogen functional groups attached to an aromatic ring is 1. The molecule has 0 fully saturated rings. The summed E-state index contributed by atoms with van der Waals surface area (Å²) < 4.78 is 1.61. The molecule has 0 aliphatic heterocycles. The Labute approximate surface area is 91.8 Å². The van der Waals surface area contributed by atoms with Crippen LogP contribution in [0, 0.1) is 0 Å². The molecule has 7 heteroatoms. The Kier molecular flexibility index (Phi) is 2.24. The van der Waals surface area contributed by atoms with Gasteiger partial charge in [0.05, 0.1) is 5.69 Å². The third kappa shape index (κ3) is 1.61. The molecule has 0 amide bonds. The van der Waals surface area contributed by atoms with E-state index in [0.29, 0.717) is 15.8 Å². The van der Waals surface area contributed by atoms with Gasteiger partial charge in [0.2, 0.25) is 0 Å². The first-order chi connectivity index (χ1) is 7.09. The summed E-state index contributed by atoms with van der Waals surface area (Å²) in [4.78, 5) is 22.5. The molecule has 1 aromatic heterocycles. The van der Waals surface area contributed by atoms with Gasteiger partial charge in [-0.15, -0.1) is 0 Å². The second kappa shape index (κ2) is 3.43. The minimum atomic E-state index is -0.517. The van der Waals surface area contributed by atoms with Crippen LogP contribution in [0.1, 0.15) is 0 Å². The number of aromatic nitrogens is 3. The van der Waals surface area contributed by atoms with Crippen LogP contribution in [-0.2, 0) is 0 Å². The Morgan fingerprint density at radius 3 is 2.33 bits per heavy atom. The Morgan fingerprint density at radius 1 is 1.20 bits per heavy atom. The summed E-state index contributed by atoms with van der Waals surface area (Å²) >= 11 is 3.22. The molecule has 1 aromatic carbocycles. The Balaban J connectivity index is 2.70. The lowest BCUT2D eigenvalue weighted by molar-refractivity contribution is 0.951. The van der Waals surface area contributed by atoms with Crippen LogP contribution in [0.5, 0.6) is 0 Å². The summed E-state index contributed by atoms with van der Waals surface area (Å²) in [6.07, 6.45) is 0. The van der Waals surface area contributed by atoms with E-state index in [4.69, 9.17) is 5.73 Å². The lowest BCUT2D eigenvalue weighted by Gasteiger charge is -2.02. The normalized spacial score (nSPS) is 10.5. The molecule has 0 radical (unpaired) electrons. The van der Waals surface area contributed by atoms with E-state index < -0.39 is 11.4 Å². The van der Waals surface area contributed by atoms with Gasteiger partial charge in [0.1, 0.15) is 0 Å². The molecule has 0 aliphatic carbocycles. The number of nitrogens with zero attached hydrogens (tertiary/aromatic N) is 1. The van der Waals surface area contributed by atoms with Gasteiger partial charge in [-0.2, -0.15) is 0 Å². The number of nitrogens with two attached hydrogens (primary N) is 1. The zero-order chi connectivity index (χ0) is 11.0. The molecule has 78 valence electrons. The van der Waals surface area contributed by atoms with Gasteiger partial charge < -0.3 is 5.73 Å². The standard InChI is InChI=1S/C8H7BrN4O2/c9-5-3-4(1-2-6(5)10)13-7(14)11-12-8(13)15/h1-3H,10H2,(H,11,14)(H,12,15). The third-order valence-corrected chi connectivity index (χ3v) is 2.61. The summed E-state index contributed by atoms with van der Waals surface area (Å²) in [5, 5.41) is 4.39. The van der Waals surface area contributed by atoms with Crippen molar-refractivity contribution in [2.45, 2.75) is 0 Å². The Morgan fingerprint density at radius 2 is 1.80 bits per heavy atom. The Bertz CT molecular complexity index is 582. The van der Waals surface area contributed by atoms with Crippen LogP contribution in [0.15, 0.2) is 32.3 Å². The number of hydrogen-bond acceptors (Lipinski definition) is 3. The van der Waals surface area contributed by atoms with E-state index in [9.17, 15) is 9.59 Å². The van der Waals surface area contributed by atoms with Crippen LogP contribution < -0.4 is 17.1 Å². The first-order valence-corrected chi connectivity index (χ1v) is 4.84. The highest BCUT2D eigenvalue weighted by Crippen LogP contribution is 2.21. The molecule has 4 N–H and O–H groups in total. The number of benzene rings is 1. The summed E-state index contributed by atoms with van der Waals surface area (Å²) in [5.41, 5.74) is 5.54. The third-order valence-electron chi connectivity index (χ3n) is 1.92. The molecule has 0 saturated carbocycles. The van der Waals surface area contributed by atoms with Gasteiger partial charge in [-0.3, -0.25) is 0 Å². The quantitative estimate of drug-likeness (QED) is 0.646. The molecular formula is C8H7BrN4O2. The van der Waals surface area contributed by atoms with Crippen molar-refractivity contribution in [2.24, 2.45) is 0 Å². The van der Waals surface area contributed by atoms with Crippen molar-refractivity contribution in [2.75, 3.05) is 5.73 Å². The summed E-state index contributed by atoms with van der Waals surface area (Å²) in [7, 11) is 0. The van der Waals surface area contributed by atoms with E-state index in [1.54, 1.807) is 18.2 Å². The number of anilines is 1. The number of hydrogen-bond donors (Lipinski definition) is 3. The molecular weight excluding hydrogens is 264 g/mol. The molecule has 0 unspecified atom stereocenters. The average Bonchev–Trinajstić information content (AvgIpc) is 2.52. The van der Waals surface area contributed by atoms with Gasteiger partial charge in [0.25, 0.3) is 0 Å². The predicted octanol–water partition coefficient (Wildman–Crippen LogP) is 0.199. The fourth-order valence-electron chi connectivity index (χ4n) is 1.20. The van der Waals surface area contributed by atoms with Crippen molar-refractivity contribution in [1.82, 2.24) is 14.8 Å². The zero-order valence-electron chi connectivity index (χ0n) is 7.45. The highest BCUT2D eigenvalue weighted by atomic mass is 79.9. The number of rotatable bonds is 1. The molecule has 2 aromatic rings. The fourth-order valence-corrected chi connectivity index (χ4v) is 1.57. The van der Waals surface area contributed by atoms with Crippen LogP contribution >= 0.6 is 15.9 Å². The van der Waals surface area contributed by atoms with Crippen LogP contribution in [0.25, 0.3) is 5.69 Å². The molecule has 0 bridgehead atoms. The smallest absolute Gasteiger partial charge is 0.348 e. The van der Waals surface area contributed by atoms with Crippen molar-refractivity contribution in [3.8, 4) is 5.69 Å². The Hall–Kier alpha value is -1.76. The van der Waals surface area contributed by atoms with Crippen molar-refractivity contribution in [1.29, 1.82) is 0 Å². The number of aromatic amines is 2. The zero-order valence-corrected chi connectivity index (χ0v) is 9.04. The molecule has 0 aliphatic rings. The van der Waals surface area contributed by atoms with Crippen molar-refractivity contribution >= 4 is 21.6 Å². The fraction of sp³-hybridized carbons (Fsp3) is 0. The van der Waals surface area contributed by atoms with Gasteiger partial charge in [-0.25, -0.2) is 24.4 Å². The highest BCUT2D eigenvalue weighted by Gasteiger charge is 2.06. The second-order valence-corrected chi connectivity index (χ2v) is 3.76. The summed E-state index contributed by atoms with van der Waals surface area (Å²) in [6, 6.07) is 4.79. The molecule has 0 spiro atoms. The number of H-pyrrole nitrogens is 2. The molecule has 0 atom stereocenters. The topological polar surface area (TPSA) is 96.7 Å². The van der Waals surface area contributed by atoms with Crippen LogP contribution in [0.2, 0.25) is 0 Å². The monoisotopic (exact) mass is 270 g/mol. The maximum atomic E-state index is 11.3. The maximum Gasteiger partial charge on any atom is 0.348 e. The van der Waals surface area contributed by atoms with Crippen LogP contribution in [0.4, 0.5) is 5.69 Å². The lowest BCUT2D eigenvalue weighted by Crippen LogP contribution is -2.24. The largest absolute Gasteiger partial charge is 0.398 e. The lowest BCUT2D eigenvalue weighted by atomic mass is 10.3. The van der Waals surface area contributed by atoms with Gasteiger partial charge in [0, 0.05) is 10.2 Å². The molecule has 15 heavy (non-hydrogen) atoms. The summed E-state index contributed by atoms with van der Waals surface area (Å²) in [6.45, 7) is 0. The van der Waals surface area contributed by atoms with Gasteiger partial charge >= 0.3 is 11.4 Å². The molecule has 6 nitrogen and oxygen atoms in total. The maximum absolute atomic E-state index is 11.3. The first kappa shape index (κ1) is 9.78. The number of nitrogens with one attached hydrogen (secondary N) is 2. The molecule has 0 saturated heterocycles. The first-order valence-electron chi connectivity index (χ1n) is 4.04. The van der Waals surface area contributed by atoms with Gasteiger partial charge in [0.15, 0.2) is 0 Å². The van der Waals surface area contributed by atoms with Crippen molar-refractivity contribution in [3.63, 3.8) is 0 Å². The van der Waals surface area contributed by atoms with E-state index in [-0.39, 0.29) is 0 Å². The molecule has 1 heterocycles. The van der Waals surface area contributed by atoms with Crippen molar-refractivity contribution < 1.29 is 0 Å². The van der Waals surface area contributed by atoms with E-state index >= 15 is 0 Å². The minimum Gasteiger partial charge on any atom is -0.398 e. The second-order valence-electron chi connectivity index (χ2n) is 2.90. The van der Waals surface area contributed by atoms with Gasteiger partial charge in [-0.05, 0) is 34.1 Å². The van der Waals surface area contributed by atoms with E-state index in [1.807, 2.05) is 0 Å². The van der Waals surface area contributed by atoms with Crippen LogP contribution in [0.3, 0.4) is 0 Å². The molecule has 2 rings (SSSR count). The number of halogens is 1. The average molecular weight is 271 g/mol. The predicted molar refractivity (Wildman–Crippen MR) is 59.1 cm³/mol.